The van der Waals surface area contributed by atoms with Gasteiger partial charge < -0.3 is 10.5 Å². The molecule has 1 heterocycles. The third-order valence-corrected chi connectivity index (χ3v) is 4.51. The molecule has 1 unspecified atom stereocenters. The van der Waals surface area contributed by atoms with Gasteiger partial charge in [0.25, 0.3) is 0 Å². The zero-order chi connectivity index (χ0) is 15.0. The Labute approximate surface area is 130 Å². The largest absolute Gasteiger partial charge is 0.493 e. The zero-order valence-electron chi connectivity index (χ0n) is 11.2. The molecule has 0 radical (unpaired) electrons. The maximum Gasteiger partial charge on any atom is 0.173 e. The van der Waals surface area contributed by atoms with Gasteiger partial charge in [0.1, 0.15) is 5.75 Å². The molecule has 0 amide bonds. The molecule has 1 aliphatic heterocycles. The lowest BCUT2D eigenvalue weighted by molar-refractivity contribution is 0.284. The second kappa shape index (κ2) is 5.73. The van der Waals surface area contributed by atoms with E-state index in [0.717, 1.165) is 35.8 Å². The molecule has 0 aromatic heterocycles. The van der Waals surface area contributed by atoms with E-state index in [1.165, 1.54) is 6.07 Å². The maximum absolute atomic E-state index is 13.7. The van der Waals surface area contributed by atoms with Crippen LogP contribution in [0, 0.1) is 11.6 Å². The molecule has 3 rings (SSSR count). The van der Waals surface area contributed by atoms with E-state index in [0.29, 0.717) is 12.2 Å². The number of fused-ring (bicyclic) bond motifs is 1. The average Bonchev–Trinajstić information content (AvgIpc) is 2.51. The van der Waals surface area contributed by atoms with E-state index >= 15 is 0 Å². The molecule has 5 heteroatoms. The molecular weight excluding hydrogens is 340 g/mol. The Morgan fingerprint density at radius 1 is 1.14 bits per heavy atom. The van der Waals surface area contributed by atoms with Crippen molar-refractivity contribution in [3.8, 4) is 5.75 Å². The number of ether oxygens (including phenoxy) is 1. The first-order valence-electron chi connectivity index (χ1n) is 6.73. The van der Waals surface area contributed by atoms with Crippen LogP contribution in [0.25, 0.3) is 0 Å². The first kappa shape index (κ1) is 14.5. The summed E-state index contributed by atoms with van der Waals surface area (Å²) in [6.07, 6.45) is 1.91. The van der Waals surface area contributed by atoms with Gasteiger partial charge in [-0.05, 0) is 46.0 Å². The van der Waals surface area contributed by atoms with Crippen molar-refractivity contribution in [2.75, 3.05) is 6.61 Å². The van der Waals surface area contributed by atoms with E-state index in [4.69, 9.17) is 10.5 Å². The molecule has 0 spiro atoms. The van der Waals surface area contributed by atoms with Crippen molar-refractivity contribution in [1.29, 1.82) is 0 Å². The van der Waals surface area contributed by atoms with Crippen LogP contribution in [0.1, 0.15) is 29.2 Å². The molecule has 2 aromatic rings. The standard InChI is InChI=1S/C16H14BrF2NO/c17-13-10(6-7-12(18)14(13)19)15(20)11-5-1-3-9-4-2-8-21-16(9)11/h1,3,5-7,15H,2,4,8,20H2. The maximum atomic E-state index is 13.7. The molecule has 0 aliphatic carbocycles. The predicted molar refractivity (Wildman–Crippen MR) is 80.3 cm³/mol. The molecule has 2 N–H and O–H groups in total. The lowest BCUT2D eigenvalue weighted by Gasteiger charge is -2.24. The van der Waals surface area contributed by atoms with Crippen LogP contribution in [0.5, 0.6) is 5.75 Å². The van der Waals surface area contributed by atoms with Crippen molar-refractivity contribution in [1.82, 2.24) is 0 Å². The number of benzene rings is 2. The van der Waals surface area contributed by atoms with Crippen molar-refractivity contribution in [2.24, 2.45) is 5.73 Å². The van der Waals surface area contributed by atoms with Gasteiger partial charge in [0, 0.05) is 5.56 Å². The van der Waals surface area contributed by atoms with Crippen LogP contribution in [0.3, 0.4) is 0 Å². The molecule has 0 fully saturated rings. The quantitative estimate of drug-likeness (QED) is 0.825. The highest BCUT2D eigenvalue weighted by molar-refractivity contribution is 9.10. The summed E-state index contributed by atoms with van der Waals surface area (Å²) in [5, 5.41) is 0. The van der Waals surface area contributed by atoms with Crippen molar-refractivity contribution in [2.45, 2.75) is 18.9 Å². The molecular formula is C16H14BrF2NO. The van der Waals surface area contributed by atoms with Crippen molar-refractivity contribution in [3.63, 3.8) is 0 Å². The molecule has 0 saturated carbocycles. The second-order valence-electron chi connectivity index (χ2n) is 5.03. The molecule has 0 saturated heterocycles. The lowest BCUT2D eigenvalue weighted by Crippen LogP contribution is -2.18. The van der Waals surface area contributed by atoms with Crippen molar-refractivity contribution < 1.29 is 13.5 Å². The Balaban J connectivity index is 2.07. The fourth-order valence-corrected chi connectivity index (χ4v) is 3.18. The van der Waals surface area contributed by atoms with Crippen LogP contribution in [0.4, 0.5) is 8.78 Å². The van der Waals surface area contributed by atoms with E-state index in [1.54, 1.807) is 0 Å². The van der Waals surface area contributed by atoms with Gasteiger partial charge in [-0.1, -0.05) is 24.3 Å². The van der Waals surface area contributed by atoms with Crippen LogP contribution in [-0.4, -0.2) is 6.61 Å². The molecule has 2 nitrogen and oxygen atoms in total. The number of rotatable bonds is 2. The third-order valence-electron chi connectivity index (χ3n) is 3.70. The number of halogens is 3. The van der Waals surface area contributed by atoms with E-state index < -0.39 is 17.7 Å². The Morgan fingerprint density at radius 2 is 1.95 bits per heavy atom. The Morgan fingerprint density at radius 3 is 2.76 bits per heavy atom. The van der Waals surface area contributed by atoms with Gasteiger partial charge in [-0.3, -0.25) is 0 Å². The van der Waals surface area contributed by atoms with E-state index in [-0.39, 0.29) is 4.47 Å². The molecule has 110 valence electrons. The Hall–Kier alpha value is -1.46. The highest BCUT2D eigenvalue weighted by Crippen LogP contribution is 2.37. The van der Waals surface area contributed by atoms with Gasteiger partial charge in [-0.15, -0.1) is 0 Å². The van der Waals surface area contributed by atoms with Crippen LogP contribution in [0.15, 0.2) is 34.8 Å². The SMILES string of the molecule is NC(c1ccc(F)c(F)c1Br)c1cccc2c1OCCC2. The predicted octanol–water partition coefficient (Wildman–Crippen LogP) is 4.10. The highest BCUT2D eigenvalue weighted by atomic mass is 79.9. The van der Waals surface area contributed by atoms with E-state index in [9.17, 15) is 8.78 Å². The molecule has 2 aromatic carbocycles. The van der Waals surface area contributed by atoms with Crippen LogP contribution < -0.4 is 10.5 Å². The van der Waals surface area contributed by atoms with E-state index in [2.05, 4.69) is 15.9 Å². The lowest BCUT2D eigenvalue weighted by atomic mass is 9.94. The summed E-state index contributed by atoms with van der Waals surface area (Å²) in [7, 11) is 0. The van der Waals surface area contributed by atoms with Crippen molar-refractivity contribution >= 4 is 15.9 Å². The fraction of sp³-hybridized carbons (Fsp3) is 0.250. The topological polar surface area (TPSA) is 35.2 Å². The van der Waals surface area contributed by atoms with Gasteiger partial charge in [-0.25, -0.2) is 8.78 Å². The average molecular weight is 354 g/mol. The third kappa shape index (κ3) is 2.56. The monoisotopic (exact) mass is 353 g/mol. The number of para-hydroxylation sites is 1. The molecule has 0 bridgehead atoms. The fourth-order valence-electron chi connectivity index (χ4n) is 2.61. The summed E-state index contributed by atoms with van der Waals surface area (Å²) in [6, 6.07) is 7.79. The molecule has 1 aliphatic rings. The molecule has 1 atom stereocenters. The number of hydrogen-bond donors (Lipinski definition) is 1. The van der Waals surface area contributed by atoms with Gasteiger partial charge >= 0.3 is 0 Å². The molecule has 21 heavy (non-hydrogen) atoms. The van der Waals surface area contributed by atoms with Crippen LogP contribution >= 0.6 is 15.9 Å². The summed E-state index contributed by atoms with van der Waals surface area (Å²) in [6.45, 7) is 0.648. The summed E-state index contributed by atoms with van der Waals surface area (Å²) >= 11 is 3.09. The minimum absolute atomic E-state index is 0.0587. The van der Waals surface area contributed by atoms with Crippen LogP contribution in [0.2, 0.25) is 0 Å². The summed E-state index contributed by atoms with van der Waals surface area (Å²) in [4.78, 5) is 0. The number of hydrogen-bond acceptors (Lipinski definition) is 2. The van der Waals surface area contributed by atoms with E-state index in [1.807, 2.05) is 18.2 Å². The van der Waals surface area contributed by atoms with Gasteiger partial charge in [0.2, 0.25) is 0 Å². The number of aryl methyl sites for hydroxylation is 1. The number of nitrogens with two attached hydrogens (primary N) is 1. The minimum atomic E-state index is -0.923. The smallest absolute Gasteiger partial charge is 0.173 e. The van der Waals surface area contributed by atoms with Gasteiger partial charge in [0.05, 0.1) is 17.1 Å². The van der Waals surface area contributed by atoms with Crippen LogP contribution in [-0.2, 0) is 6.42 Å². The zero-order valence-corrected chi connectivity index (χ0v) is 12.8. The highest BCUT2D eigenvalue weighted by Gasteiger charge is 2.23. The Kier molecular flexibility index (Phi) is 3.95. The first-order valence-corrected chi connectivity index (χ1v) is 7.52. The summed E-state index contributed by atoms with van der Waals surface area (Å²) in [5.74, 6) is -1.05. The Bertz CT molecular complexity index is 690. The first-order chi connectivity index (χ1) is 10.1. The minimum Gasteiger partial charge on any atom is -0.493 e. The summed E-state index contributed by atoms with van der Waals surface area (Å²) < 4.78 is 32.7. The van der Waals surface area contributed by atoms with Gasteiger partial charge in [0.15, 0.2) is 11.6 Å². The van der Waals surface area contributed by atoms with Crippen molar-refractivity contribution in [3.05, 3.63) is 63.1 Å². The second-order valence-corrected chi connectivity index (χ2v) is 5.82. The normalized spacial score (nSPS) is 15.2. The summed E-state index contributed by atoms with van der Waals surface area (Å²) in [5.41, 5.74) is 8.65. The van der Waals surface area contributed by atoms with Gasteiger partial charge in [-0.2, -0.15) is 0 Å².